The number of methoxy groups -OCH3 is 3. The Morgan fingerprint density at radius 1 is 1.07 bits per heavy atom. The molecule has 0 unspecified atom stereocenters. The van der Waals surface area contributed by atoms with Crippen LogP contribution in [0.2, 0.25) is 0 Å². The van der Waals surface area contributed by atoms with Crippen LogP contribution in [0.25, 0.3) is 0 Å². The van der Waals surface area contributed by atoms with Crippen LogP contribution in [0.1, 0.15) is 22.6 Å². The molecule has 8 heteroatoms. The Kier molecular flexibility index (Phi) is 7.59. The fraction of sp³-hybridized carbons (Fsp3) is 0.500. The van der Waals surface area contributed by atoms with Crippen molar-refractivity contribution in [1.82, 2.24) is 14.9 Å². The van der Waals surface area contributed by atoms with Crippen molar-refractivity contribution in [3.05, 3.63) is 46.9 Å². The van der Waals surface area contributed by atoms with Gasteiger partial charge in [0.15, 0.2) is 0 Å². The molecule has 1 aliphatic heterocycles. The summed E-state index contributed by atoms with van der Waals surface area (Å²) in [5, 5.41) is 0. The first-order valence-electron chi connectivity index (χ1n) is 10.1. The maximum absolute atomic E-state index is 12.1. The van der Waals surface area contributed by atoms with Crippen LogP contribution in [-0.2, 0) is 27.3 Å². The van der Waals surface area contributed by atoms with Gasteiger partial charge in [-0.25, -0.2) is 9.97 Å². The van der Waals surface area contributed by atoms with Crippen LogP contribution in [0.4, 0.5) is 5.82 Å². The first kappa shape index (κ1) is 22.0. The molecule has 30 heavy (non-hydrogen) atoms. The zero-order valence-electron chi connectivity index (χ0n) is 18.2. The number of amides is 1. The van der Waals surface area contributed by atoms with E-state index in [1.54, 1.807) is 21.3 Å². The third kappa shape index (κ3) is 5.25. The molecule has 1 aliphatic rings. The third-order valence-electron chi connectivity index (χ3n) is 5.18. The molecule has 0 saturated carbocycles. The number of benzene rings is 1. The molecule has 0 aliphatic carbocycles. The van der Waals surface area contributed by atoms with Crippen molar-refractivity contribution in [1.29, 1.82) is 0 Å². The minimum atomic E-state index is 0.0210. The number of rotatable bonds is 8. The van der Waals surface area contributed by atoms with Crippen LogP contribution in [-0.4, -0.2) is 74.9 Å². The van der Waals surface area contributed by atoms with Gasteiger partial charge in [-0.1, -0.05) is 12.1 Å². The van der Waals surface area contributed by atoms with Crippen molar-refractivity contribution in [3.8, 4) is 5.75 Å². The molecular weight excluding hydrogens is 384 g/mol. The Morgan fingerprint density at radius 2 is 1.83 bits per heavy atom. The Bertz CT molecular complexity index is 866. The van der Waals surface area contributed by atoms with Gasteiger partial charge in [0, 0.05) is 52.4 Å². The van der Waals surface area contributed by atoms with Crippen molar-refractivity contribution in [2.45, 2.75) is 20.0 Å². The molecule has 1 amide bonds. The fourth-order valence-corrected chi connectivity index (χ4v) is 3.71. The zero-order chi connectivity index (χ0) is 21.5. The SMILES string of the molecule is COCC(=O)N1CCN(c2nc(C)nc(COC)c2Cc2cccc(OC)c2)CC1. The van der Waals surface area contributed by atoms with Gasteiger partial charge in [0.2, 0.25) is 5.91 Å². The maximum Gasteiger partial charge on any atom is 0.248 e. The van der Waals surface area contributed by atoms with Gasteiger partial charge >= 0.3 is 0 Å². The van der Waals surface area contributed by atoms with Gasteiger partial charge in [-0.3, -0.25) is 4.79 Å². The summed E-state index contributed by atoms with van der Waals surface area (Å²) >= 11 is 0. The number of nitrogens with zero attached hydrogens (tertiary/aromatic N) is 4. The summed E-state index contributed by atoms with van der Waals surface area (Å²) in [5.41, 5.74) is 3.06. The first-order chi connectivity index (χ1) is 14.5. The molecule has 1 fully saturated rings. The predicted molar refractivity (Wildman–Crippen MR) is 114 cm³/mol. The Hall–Kier alpha value is -2.71. The standard InChI is InChI=1S/C22H30N4O4/c1-16-23-20(14-28-2)19(13-17-6-5-7-18(12-17)30-4)22(24-16)26-10-8-25(9-11-26)21(27)15-29-3/h5-7,12H,8-11,13-15H2,1-4H3. The van der Waals surface area contributed by atoms with E-state index in [0.717, 1.165) is 28.4 Å². The van der Waals surface area contributed by atoms with Crippen molar-refractivity contribution in [3.63, 3.8) is 0 Å². The number of carbonyl (C=O) groups excluding carboxylic acids is 1. The van der Waals surface area contributed by atoms with Gasteiger partial charge in [0.1, 0.15) is 24.0 Å². The average molecular weight is 415 g/mol. The smallest absolute Gasteiger partial charge is 0.248 e. The first-order valence-corrected chi connectivity index (χ1v) is 10.1. The molecule has 0 radical (unpaired) electrons. The van der Waals surface area contributed by atoms with Crippen molar-refractivity contribution < 1.29 is 19.0 Å². The minimum absolute atomic E-state index is 0.0210. The highest BCUT2D eigenvalue weighted by Gasteiger charge is 2.25. The van der Waals surface area contributed by atoms with Gasteiger partial charge in [0.05, 0.1) is 19.4 Å². The van der Waals surface area contributed by atoms with Crippen molar-refractivity contribution in [2.75, 3.05) is 59.0 Å². The van der Waals surface area contributed by atoms with Gasteiger partial charge in [-0.15, -0.1) is 0 Å². The van der Waals surface area contributed by atoms with Gasteiger partial charge in [0.25, 0.3) is 0 Å². The number of carbonyl (C=O) groups is 1. The van der Waals surface area contributed by atoms with Crippen LogP contribution in [0.5, 0.6) is 5.75 Å². The Balaban J connectivity index is 1.89. The van der Waals surface area contributed by atoms with Crippen LogP contribution in [0, 0.1) is 6.92 Å². The second-order valence-electron chi connectivity index (χ2n) is 7.28. The molecule has 0 N–H and O–H groups in total. The summed E-state index contributed by atoms with van der Waals surface area (Å²) in [6, 6.07) is 8.02. The molecule has 0 atom stereocenters. The summed E-state index contributed by atoms with van der Waals surface area (Å²) in [5.74, 6) is 2.47. The number of aryl methyl sites for hydroxylation is 1. The van der Waals surface area contributed by atoms with Crippen molar-refractivity contribution >= 4 is 11.7 Å². The summed E-state index contributed by atoms with van der Waals surface area (Å²) in [7, 11) is 4.88. The summed E-state index contributed by atoms with van der Waals surface area (Å²) in [4.78, 5) is 25.6. The predicted octanol–water partition coefficient (Wildman–Crippen LogP) is 1.83. The summed E-state index contributed by atoms with van der Waals surface area (Å²) in [6.07, 6.45) is 0.675. The van der Waals surface area contributed by atoms with E-state index in [1.807, 2.05) is 30.0 Å². The van der Waals surface area contributed by atoms with Crippen LogP contribution < -0.4 is 9.64 Å². The number of ether oxygens (including phenoxy) is 3. The van der Waals surface area contributed by atoms with E-state index in [9.17, 15) is 4.79 Å². The normalized spacial score (nSPS) is 14.1. The highest BCUT2D eigenvalue weighted by atomic mass is 16.5. The Labute approximate surface area is 177 Å². The van der Waals surface area contributed by atoms with E-state index >= 15 is 0 Å². The van der Waals surface area contributed by atoms with Gasteiger partial charge in [-0.2, -0.15) is 0 Å². The molecule has 3 rings (SSSR count). The Morgan fingerprint density at radius 3 is 2.50 bits per heavy atom. The third-order valence-corrected chi connectivity index (χ3v) is 5.18. The van der Waals surface area contributed by atoms with Crippen molar-refractivity contribution in [2.24, 2.45) is 0 Å². The van der Waals surface area contributed by atoms with Crippen LogP contribution >= 0.6 is 0 Å². The number of aromatic nitrogens is 2. The molecule has 2 heterocycles. The molecule has 8 nitrogen and oxygen atoms in total. The van der Waals surface area contributed by atoms with Gasteiger partial charge in [-0.05, 0) is 24.6 Å². The number of hydrogen-bond acceptors (Lipinski definition) is 7. The molecule has 162 valence electrons. The topological polar surface area (TPSA) is 77.0 Å². The second-order valence-corrected chi connectivity index (χ2v) is 7.28. The number of piperazine rings is 1. The van der Waals surface area contributed by atoms with E-state index in [-0.39, 0.29) is 12.5 Å². The quantitative estimate of drug-likeness (QED) is 0.652. The lowest BCUT2D eigenvalue weighted by atomic mass is 10.0. The lowest BCUT2D eigenvalue weighted by molar-refractivity contribution is -0.135. The zero-order valence-corrected chi connectivity index (χ0v) is 18.2. The summed E-state index contributed by atoms with van der Waals surface area (Å²) < 4.78 is 15.8. The molecule has 0 spiro atoms. The minimum Gasteiger partial charge on any atom is -0.497 e. The van der Waals surface area contributed by atoms with Crippen LogP contribution in [0.3, 0.4) is 0 Å². The van der Waals surface area contributed by atoms with E-state index in [1.165, 1.54) is 0 Å². The van der Waals surface area contributed by atoms with Gasteiger partial charge < -0.3 is 24.0 Å². The monoisotopic (exact) mass is 414 g/mol. The highest BCUT2D eigenvalue weighted by Crippen LogP contribution is 2.27. The molecule has 0 bridgehead atoms. The molecule has 1 saturated heterocycles. The van der Waals surface area contributed by atoms with Crippen LogP contribution in [0.15, 0.2) is 24.3 Å². The number of anilines is 1. The fourth-order valence-electron chi connectivity index (χ4n) is 3.71. The molecule has 2 aromatic rings. The second kappa shape index (κ2) is 10.4. The maximum atomic E-state index is 12.1. The lowest BCUT2D eigenvalue weighted by Gasteiger charge is -2.36. The molecule has 1 aromatic carbocycles. The largest absolute Gasteiger partial charge is 0.497 e. The average Bonchev–Trinajstić information content (AvgIpc) is 2.76. The van der Waals surface area contributed by atoms with E-state index in [2.05, 4.69) is 16.0 Å². The lowest BCUT2D eigenvalue weighted by Crippen LogP contribution is -2.50. The van der Waals surface area contributed by atoms with E-state index in [0.29, 0.717) is 45.0 Å². The van der Waals surface area contributed by atoms with E-state index in [4.69, 9.17) is 19.2 Å². The molecule has 1 aromatic heterocycles. The highest BCUT2D eigenvalue weighted by molar-refractivity contribution is 5.77. The van der Waals surface area contributed by atoms with E-state index < -0.39 is 0 Å². The summed E-state index contributed by atoms with van der Waals surface area (Å²) in [6.45, 7) is 5.14. The number of hydrogen-bond donors (Lipinski definition) is 0. The molecular formula is C22H30N4O4.